The van der Waals surface area contributed by atoms with Gasteiger partial charge in [0, 0.05) is 23.1 Å². The van der Waals surface area contributed by atoms with Gasteiger partial charge in [0.1, 0.15) is 30.3 Å². The third-order valence-corrected chi connectivity index (χ3v) is 9.04. The molecular formula is C32H39FN2O7S. The monoisotopic (exact) mass is 614 g/mol. The summed E-state index contributed by atoms with van der Waals surface area (Å²) in [7, 11) is 0.0281. The number of aliphatic hydroxyl groups is 2. The van der Waals surface area contributed by atoms with Crippen molar-refractivity contribution in [1.29, 1.82) is 0 Å². The van der Waals surface area contributed by atoms with E-state index in [1.54, 1.807) is 43.3 Å². The van der Waals surface area contributed by atoms with E-state index < -0.39 is 32.7 Å². The Kier molecular flexibility index (Phi) is 9.60. The number of Topliss-reactive ketones (excluding diaryl/α,β-unsaturated/α-hetero) is 1. The second kappa shape index (κ2) is 12.7. The second-order valence-electron chi connectivity index (χ2n) is 12.0. The number of methoxy groups -OCH3 is 1. The van der Waals surface area contributed by atoms with E-state index >= 15 is 0 Å². The lowest BCUT2D eigenvalue weighted by atomic mass is 9.88. The third kappa shape index (κ3) is 7.23. The molecule has 2 heterocycles. The average Bonchev–Trinajstić information content (AvgIpc) is 3.30. The minimum Gasteiger partial charge on any atom is -0.493 e. The van der Waals surface area contributed by atoms with Crippen molar-refractivity contribution in [2.24, 2.45) is 0 Å². The Bertz CT molecular complexity index is 1500. The number of aromatic nitrogens is 1. The minimum absolute atomic E-state index is 0.00228. The molecule has 43 heavy (non-hydrogen) atoms. The number of hydrogen-bond acceptors (Lipinski definition) is 8. The zero-order valence-corrected chi connectivity index (χ0v) is 26.1. The smallest absolute Gasteiger partial charge is 0.163 e. The molecular weight excluding hydrogens is 575 g/mol. The van der Waals surface area contributed by atoms with E-state index in [9.17, 15) is 18.5 Å². The van der Waals surface area contributed by atoms with Crippen molar-refractivity contribution < 1.29 is 37.8 Å². The maximum atomic E-state index is 13.8. The Labute approximate surface area is 254 Å². The lowest BCUT2D eigenvalue weighted by Crippen LogP contribution is -2.47. The zero-order chi connectivity index (χ0) is 31.6. The van der Waals surface area contributed by atoms with Crippen molar-refractivity contribution in [3.8, 4) is 28.5 Å². The quantitative estimate of drug-likeness (QED) is 0.249. The van der Waals surface area contributed by atoms with Crippen LogP contribution >= 0.6 is 0 Å². The molecule has 4 rings (SSSR count). The minimum atomic E-state index is -1.54. The molecule has 3 atom stereocenters. The number of ketones is 1. The summed E-state index contributed by atoms with van der Waals surface area (Å²) in [5.74, 6) is 0.595. The van der Waals surface area contributed by atoms with Crippen molar-refractivity contribution in [3.05, 3.63) is 71.2 Å². The number of ether oxygens (including phenoxy) is 3. The molecule has 0 saturated carbocycles. The zero-order valence-electron chi connectivity index (χ0n) is 25.3. The van der Waals surface area contributed by atoms with E-state index in [0.717, 1.165) is 0 Å². The lowest BCUT2D eigenvalue weighted by Gasteiger charge is -2.30. The number of carbonyl (C=O) groups is 1. The van der Waals surface area contributed by atoms with Gasteiger partial charge in [-0.1, -0.05) is 0 Å². The van der Waals surface area contributed by atoms with Gasteiger partial charge in [-0.05, 0) is 89.6 Å². The van der Waals surface area contributed by atoms with Crippen LogP contribution in [0.5, 0.6) is 17.2 Å². The van der Waals surface area contributed by atoms with E-state index in [0.29, 0.717) is 45.3 Å². The molecule has 0 spiro atoms. The van der Waals surface area contributed by atoms with Crippen LogP contribution in [0.4, 0.5) is 4.39 Å². The number of halogens is 1. The summed E-state index contributed by atoms with van der Waals surface area (Å²) in [4.78, 5) is 17.9. The summed E-state index contributed by atoms with van der Waals surface area (Å²) in [5, 5.41) is 20.7. The van der Waals surface area contributed by atoms with Crippen molar-refractivity contribution in [3.63, 3.8) is 0 Å². The highest BCUT2D eigenvalue weighted by molar-refractivity contribution is 7.84. The fraction of sp³-hybridized carbons (Fsp3) is 0.438. The Hall–Kier alpha value is -3.38. The molecule has 0 bridgehead atoms. The van der Waals surface area contributed by atoms with Gasteiger partial charge in [0.15, 0.2) is 23.0 Å². The fourth-order valence-electron chi connectivity index (χ4n) is 4.65. The highest BCUT2D eigenvalue weighted by Crippen LogP contribution is 2.45. The van der Waals surface area contributed by atoms with E-state index in [4.69, 9.17) is 24.3 Å². The highest BCUT2D eigenvalue weighted by Gasteiger charge is 2.43. The predicted molar refractivity (Wildman–Crippen MR) is 162 cm³/mol. The number of fused-ring (bicyclic) bond motifs is 1. The third-order valence-electron chi connectivity index (χ3n) is 7.29. The molecule has 0 radical (unpaired) electrons. The number of aliphatic hydroxyl groups excluding tert-OH is 1. The maximum Gasteiger partial charge on any atom is 0.163 e. The molecule has 1 aliphatic heterocycles. The first-order chi connectivity index (χ1) is 20.2. The van der Waals surface area contributed by atoms with Crippen LogP contribution in [-0.4, -0.2) is 56.9 Å². The van der Waals surface area contributed by atoms with Gasteiger partial charge in [0.2, 0.25) is 0 Å². The van der Waals surface area contributed by atoms with E-state index in [2.05, 4.69) is 4.72 Å². The predicted octanol–water partition coefficient (Wildman–Crippen LogP) is 4.80. The van der Waals surface area contributed by atoms with Crippen molar-refractivity contribution in [2.45, 2.75) is 63.3 Å². The van der Waals surface area contributed by atoms with Crippen LogP contribution in [0.1, 0.15) is 69.1 Å². The maximum absolute atomic E-state index is 13.8. The Morgan fingerprint density at radius 3 is 2.47 bits per heavy atom. The molecule has 2 aromatic carbocycles. The number of rotatable bonds is 12. The molecule has 232 valence electrons. The van der Waals surface area contributed by atoms with Gasteiger partial charge >= 0.3 is 0 Å². The van der Waals surface area contributed by atoms with E-state index in [1.807, 2.05) is 27.7 Å². The van der Waals surface area contributed by atoms with Crippen molar-refractivity contribution >= 4 is 16.8 Å². The molecule has 3 N–H and O–H groups in total. The van der Waals surface area contributed by atoms with Crippen LogP contribution in [0, 0.1) is 5.82 Å². The van der Waals surface area contributed by atoms with Crippen LogP contribution < -0.4 is 18.9 Å². The summed E-state index contributed by atoms with van der Waals surface area (Å²) in [5.41, 5.74) is -0.0823. The molecule has 0 saturated heterocycles. The lowest BCUT2D eigenvalue weighted by molar-refractivity contribution is 0.0396. The standard InChI is InChI=1S/C32H39FN2O7S/c1-30(2,3)43(39)35-31(4)19-42-29-23(31)18-27(34-28(29)20-7-10-22(33)11-8-20)32(5,38)14-13-24(37)21-9-12-25(41-16-15-36)26(17-21)40-6/h7-12,17-18,35-36,38H,13-16,19H2,1-6H3. The summed E-state index contributed by atoms with van der Waals surface area (Å²) in [6.07, 6.45) is 0.0438. The summed E-state index contributed by atoms with van der Waals surface area (Å²) in [6.45, 7) is 9.16. The number of pyridine rings is 1. The molecule has 11 heteroatoms. The largest absolute Gasteiger partial charge is 0.493 e. The first kappa shape index (κ1) is 32.5. The van der Waals surface area contributed by atoms with E-state index in [1.165, 1.54) is 19.2 Å². The molecule has 1 aliphatic rings. The number of benzene rings is 2. The summed E-state index contributed by atoms with van der Waals surface area (Å²) in [6, 6.07) is 12.3. The molecule has 0 aliphatic carbocycles. The number of carbonyl (C=O) groups excluding carboxylic acids is 1. The van der Waals surface area contributed by atoms with Gasteiger partial charge in [-0.3, -0.25) is 4.79 Å². The molecule has 1 aromatic heterocycles. The van der Waals surface area contributed by atoms with Gasteiger partial charge in [0.25, 0.3) is 0 Å². The first-order valence-electron chi connectivity index (χ1n) is 14.0. The van der Waals surface area contributed by atoms with Crippen molar-refractivity contribution in [2.75, 3.05) is 26.9 Å². The molecule has 9 nitrogen and oxygen atoms in total. The Morgan fingerprint density at radius 1 is 1.14 bits per heavy atom. The number of nitrogens with one attached hydrogen (secondary N) is 1. The Morgan fingerprint density at radius 2 is 1.84 bits per heavy atom. The first-order valence-corrected chi connectivity index (χ1v) is 15.2. The molecule has 3 unspecified atom stereocenters. The average molecular weight is 615 g/mol. The highest BCUT2D eigenvalue weighted by atomic mass is 32.2. The SMILES string of the molecule is COc1cc(C(=O)CCC(C)(O)c2cc3c(c(-c4ccc(F)cc4)n2)OCC3(C)NS(=O)C(C)(C)C)ccc1OCCO. The van der Waals surface area contributed by atoms with Gasteiger partial charge in [-0.15, -0.1) is 0 Å². The summed E-state index contributed by atoms with van der Waals surface area (Å²) >= 11 is 0. The van der Waals surface area contributed by atoms with Gasteiger partial charge < -0.3 is 24.4 Å². The van der Waals surface area contributed by atoms with Crippen LogP contribution in [0.15, 0.2) is 48.5 Å². The molecule has 3 aromatic rings. The number of nitrogens with zero attached hydrogens (tertiary/aromatic N) is 1. The normalized spacial score (nSPS) is 18.3. The van der Waals surface area contributed by atoms with E-state index in [-0.39, 0.29) is 38.4 Å². The van der Waals surface area contributed by atoms with Gasteiger partial charge in [-0.25, -0.2) is 18.3 Å². The molecule has 0 amide bonds. The number of hydrogen-bond donors (Lipinski definition) is 3. The van der Waals surface area contributed by atoms with Crippen LogP contribution in [0.3, 0.4) is 0 Å². The second-order valence-corrected chi connectivity index (χ2v) is 13.9. The van der Waals surface area contributed by atoms with Gasteiger partial charge in [0.05, 0.1) is 40.7 Å². The molecule has 0 fully saturated rings. The van der Waals surface area contributed by atoms with Gasteiger partial charge in [-0.2, -0.15) is 0 Å². The van der Waals surface area contributed by atoms with Crippen LogP contribution in [0.2, 0.25) is 0 Å². The summed E-state index contributed by atoms with van der Waals surface area (Å²) < 4.78 is 46.4. The fourth-order valence-corrected chi connectivity index (χ4v) is 5.53. The van der Waals surface area contributed by atoms with Crippen LogP contribution in [0.25, 0.3) is 11.3 Å². The topological polar surface area (TPSA) is 127 Å². The Balaban J connectivity index is 1.67. The van der Waals surface area contributed by atoms with Crippen LogP contribution in [-0.2, 0) is 22.1 Å². The van der Waals surface area contributed by atoms with Crippen molar-refractivity contribution in [1.82, 2.24) is 9.71 Å².